The zero-order chi connectivity index (χ0) is 13.0. The monoisotopic (exact) mass is 257 g/mol. The van der Waals surface area contributed by atoms with E-state index in [2.05, 4.69) is 5.32 Å². The second kappa shape index (κ2) is 5.62. The molecule has 2 aromatic rings. The molecule has 0 aliphatic rings. The number of anilines is 2. The standard InChI is InChI=1S/C14H15N3S/c1-11-6-5-9-13(10-11)17(15)14(18)16-12-7-3-2-4-8-12/h2-10H,15H2,1H3,(H,16,18). The van der Waals surface area contributed by atoms with Crippen LogP contribution in [0.15, 0.2) is 54.6 Å². The van der Waals surface area contributed by atoms with Crippen LogP contribution in [0.1, 0.15) is 5.56 Å². The molecular weight excluding hydrogens is 242 g/mol. The molecule has 2 aromatic carbocycles. The van der Waals surface area contributed by atoms with Crippen molar-refractivity contribution in [2.45, 2.75) is 6.92 Å². The van der Waals surface area contributed by atoms with E-state index < -0.39 is 0 Å². The van der Waals surface area contributed by atoms with Gasteiger partial charge in [-0.25, -0.2) is 5.84 Å². The number of para-hydroxylation sites is 1. The Labute approximate surface area is 112 Å². The minimum atomic E-state index is 0.465. The Morgan fingerprint density at radius 1 is 1.11 bits per heavy atom. The molecule has 4 heteroatoms. The van der Waals surface area contributed by atoms with E-state index in [1.54, 1.807) is 0 Å². The molecule has 0 amide bonds. The maximum Gasteiger partial charge on any atom is 0.192 e. The number of rotatable bonds is 2. The largest absolute Gasteiger partial charge is 0.331 e. The van der Waals surface area contributed by atoms with Crippen molar-refractivity contribution in [1.82, 2.24) is 0 Å². The molecule has 0 aliphatic heterocycles. The number of aryl methyl sites for hydroxylation is 1. The topological polar surface area (TPSA) is 41.3 Å². The van der Waals surface area contributed by atoms with Crippen molar-refractivity contribution >= 4 is 28.7 Å². The van der Waals surface area contributed by atoms with Crippen LogP contribution in [-0.2, 0) is 0 Å². The zero-order valence-corrected chi connectivity index (χ0v) is 10.9. The van der Waals surface area contributed by atoms with Gasteiger partial charge in [-0.15, -0.1) is 0 Å². The molecule has 0 saturated heterocycles. The van der Waals surface area contributed by atoms with Gasteiger partial charge in [0.1, 0.15) is 0 Å². The molecule has 0 atom stereocenters. The third-order valence-electron chi connectivity index (χ3n) is 2.52. The molecular formula is C14H15N3S. The number of hydrazine groups is 1. The second-order valence-corrected chi connectivity index (χ2v) is 4.39. The third-order valence-corrected chi connectivity index (χ3v) is 2.82. The molecule has 0 aromatic heterocycles. The fourth-order valence-corrected chi connectivity index (χ4v) is 1.82. The van der Waals surface area contributed by atoms with Gasteiger partial charge in [-0.3, -0.25) is 5.01 Å². The summed E-state index contributed by atoms with van der Waals surface area (Å²) in [5.41, 5.74) is 2.93. The van der Waals surface area contributed by atoms with E-state index in [0.29, 0.717) is 5.11 Å². The van der Waals surface area contributed by atoms with Gasteiger partial charge in [0.2, 0.25) is 0 Å². The highest BCUT2D eigenvalue weighted by Gasteiger charge is 2.07. The molecule has 0 heterocycles. The molecule has 0 unspecified atom stereocenters. The second-order valence-electron chi connectivity index (χ2n) is 4.01. The average molecular weight is 257 g/mol. The summed E-state index contributed by atoms with van der Waals surface area (Å²) in [5, 5.41) is 5.02. The smallest absolute Gasteiger partial charge is 0.192 e. The SMILES string of the molecule is Cc1cccc(N(N)C(=S)Nc2ccccc2)c1. The summed E-state index contributed by atoms with van der Waals surface area (Å²) in [6.07, 6.45) is 0. The lowest BCUT2D eigenvalue weighted by Gasteiger charge is -2.20. The number of benzene rings is 2. The van der Waals surface area contributed by atoms with Crippen LogP contribution < -0.4 is 16.2 Å². The van der Waals surface area contributed by atoms with Crippen LogP contribution in [0.5, 0.6) is 0 Å². The number of thiocarbonyl (C=S) groups is 1. The van der Waals surface area contributed by atoms with E-state index in [1.807, 2.05) is 61.5 Å². The molecule has 0 bridgehead atoms. The van der Waals surface area contributed by atoms with Gasteiger partial charge in [0, 0.05) is 5.69 Å². The molecule has 0 radical (unpaired) electrons. The Bertz CT molecular complexity index is 540. The van der Waals surface area contributed by atoms with Crippen molar-refractivity contribution in [2.24, 2.45) is 5.84 Å². The van der Waals surface area contributed by atoms with Crippen LogP contribution in [0.25, 0.3) is 0 Å². The van der Waals surface area contributed by atoms with Gasteiger partial charge >= 0.3 is 0 Å². The number of hydrogen-bond acceptors (Lipinski definition) is 2. The first kappa shape index (κ1) is 12.5. The Balaban J connectivity index is 2.10. The first-order valence-corrected chi connectivity index (χ1v) is 6.05. The predicted octanol–water partition coefficient (Wildman–Crippen LogP) is 3.07. The van der Waals surface area contributed by atoms with Gasteiger partial charge in [-0.2, -0.15) is 0 Å². The Morgan fingerprint density at radius 3 is 2.50 bits per heavy atom. The van der Waals surface area contributed by atoms with E-state index in [4.69, 9.17) is 18.1 Å². The van der Waals surface area contributed by atoms with Gasteiger partial charge in [-0.1, -0.05) is 30.3 Å². The number of nitrogens with one attached hydrogen (secondary N) is 1. The lowest BCUT2D eigenvalue weighted by molar-refractivity contribution is 1.14. The van der Waals surface area contributed by atoms with Crippen LogP contribution in [0, 0.1) is 6.92 Å². The van der Waals surface area contributed by atoms with Crippen LogP contribution in [-0.4, -0.2) is 5.11 Å². The highest BCUT2D eigenvalue weighted by molar-refractivity contribution is 7.80. The minimum Gasteiger partial charge on any atom is -0.331 e. The van der Waals surface area contributed by atoms with Gasteiger partial charge in [0.05, 0.1) is 5.69 Å². The quantitative estimate of drug-likeness (QED) is 0.493. The summed E-state index contributed by atoms with van der Waals surface area (Å²) in [4.78, 5) is 0. The van der Waals surface area contributed by atoms with Crippen molar-refractivity contribution in [3.63, 3.8) is 0 Å². The Morgan fingerprint density at radius 2 is 1.83 bits per heavy atom. The highest BCUT2D eigenvalue weighted by atomic mass is 32.1. The number of hydrogen-bond donors (Lipinski definition) is 2. The lowest BCUT2D eigenvalue weighted by atomic mass is 10.2. The van der Waals surface area contributed by atoms with E-state index in [1.165, 1.54) is 5.01 Å². The molecule has 3 N–H and O–H groups in total. The molecule has 0 saturated carbocycles. The van der Waals surface area contributed by atoms with E-state index in [-0.39, 0.29) is 0 Å². The normalized spacial score (nSPS) is 9.89. The van der Waals surface area contributed by atoms with Crippen molar-refractivity contribution in [3.05, 3.63) is 60.2 Å². The van der Waals surface area contributed by atoms with Gasteiger partial charge < -0.3 is 5.32 Å². The molecule has 0 fully saturated rings. The summed E-state index contributed by atoms with van der Waals surface area (Å²) in [6, 6.07) is 17.6. The first-order chi connectivity index (χ1) is 8.66. The fourth-order valence-electron chi connectivity index (χ4n) is 1.60. The molecule has 0 aliphatic carbocycles. The maximum atomic E-state index is 5.98. The molecule has 92 valence electrons. The predicted molar refractivity (Wildman–Crippen MR) is 80.5 cm³/mol. The summed E-state index contributed by atoms with van der Waals surface area (Å²) < 4.78 is 0. The van der Waals surface area contributed by atoms with Crippen LogP contribution in [0.3, 0.4) is 0 Å². The highest BCUT2D eigenvalue weighted by Crippen LogP contribution is 2.14. The molecule has 0 spiro atoms. The van der Waals surface area contributed by atoms with E-state index in [9.17, 15) is 0 Å². The van der Waals surface area contributed by atoms with Crippen molar-refractivity contribution in [1.29, 1.82) is 0 Å². The summed E-state index contributed by atoms with van der Waals surface area (Å²) in [5.74, 6) is 5.98. The maximum absolute atomic E-state index is 5.98. The fraction of sp³-hybridized carbons (Fsp3) is 0.0714. The molecule has 3 nitrogen and oxygen atoms in total. The van der Waals surface area contributed by atoms with Gasteiger partial charge in [0.15, 0.2) is 5.11 Å². The lowest BCUT2D eigenvalue weighted by Crippen LogP contribution is -2.40. The van der Waals surface area contributed by atoms with Crippen molar-refractivity contribution < 1.29 is 0 Å². The van der Waals surface area contributed by atoms with Crippen LogP contribution >= 0.6 is 12.2 Å². The number of nitrogens with two attached hydrogens (primary N) is 1. The van der Waals surface area contributed by atoms with Crippen LogP contribution in [0.4, 0.5) is 11.4 Å². The minimum absolute atomic E-state index is 0.465. The third kappa shape index (κ3) is 3.06. The Hall–Kier alpha value is -1.91. The summed E-state index contributed by atoms with van der Waals surface area (Å²) >= 11 is 5.27. The summed E-state index contributed by atoms with van der Waals surface area (Å²) in [7, 11) is 0. The van der Waals surface area contributed by atoms with Gasteiger partial charge in [0.25, 0.3) is 0 Å². The zero-order valence-electron chi connectivity index (χ0n) is 10.1. The van der Waals surface area contributed by atoms with Gasteiger partial charge in [-0.05, 0) is 49.0 Å². The molecule has 2 rings (SSSR count). The van der Waals surface area contributed by atoms with Crippen LogP contribution in [0.2, 0.25) is 0 Å². The van der Waals surface area contributed by atoms with E-state index >= 15 is 0 Å². The first-order valence-electron chi connectivity index (χ1n) is 5.64. The van der Waals surface area contributed by atoms with E-state index in [0.717, 1.165) is 16.9 Å². The average Bonchev–Trinajstić information content (AvgIpc) is 2.39. The number of nitrogens with zero attached hydrogens (tertiary/aromatic N) is 1. The van der Waals surface area contributed by atoms with Crippen molar-refractivity contribution in [2.75, 3.05) is 10.3 Å². The summed E-state index contributed by atoms with van der Waals surface area (Å²) in [6.45, 7) is 2.02. The van der Waals surface area contributed by atoms with Crippen molar-refractivity contribution in [3.8, 4) is 0 Å². The Kier molecular flexibility index (Phi) is 3.92. The molecule has 18 heavy (non-hydrogen) atoms.